The number of rotatable bonds is 3. The number of hydrogen-bond acceptors (Lipinski definition) is 3. The van der Waals surface area contributed by atoms with Gasteiger partial charge in [-0.05, 0) is 49.3 Å². The zero-order valence-corrected chi connectivity index (χ0v) is 13.7. The average molecular weight is 313 g/mol. The molecule has 3 rings (SSSR count). The molecule has 122 valence electrons. The summed E-state index contributed by atoms with van der Waals surface area (Å²) in [5.41, 5.74) is 2.82. The van der Waals surface area contributed by atoms with Crippen LogP contribution in [0.2, 0.25) is 0 Å². The lowest BCUT2D eigenvalue weighted by molar-refractivity contribution is 0.342. The molecule has 2 heterocycles. The van der Waals surface area contributed by atoms with Gasteiger partial charge in [-0.15, -0.1) is 0 Å². The molecule has 0 radical (unpaired) electrons. The third-order valence-electron chi connectivity index (χ3n) is 4.84. The van der Waals surface area contributed by atoms with Crippen LogP contribution in [0.4, 0.5) is 0 Å². The first kappa shape index (κ1) is 15.7. The van der Waals surface area contributed by atoms with E-state index in [9.17, 15) is 9.59 Å². The summed E-state index contributed by atoms with van der Waals surface area (Å²) in [5, 5.41) is 0. The molecule has 0 saturated heterocycles. The van der Waals surface area contributed by atoms with Crippen LogP contribution >= 0.6 is 0 Å². The predicted octanol–water partition coefficient (Wildman–Crippen LogP) is 2.65. The Morgan fingerprint density at radius 3 is 2.61 bits per heavy atom. The number of nitrogens with one attached hydrogen (secondary N) is 2. The fourth-order valence-electron chi connectivity index (χ4n) is 3.52. The minimum absolute atomic E-state index is 0.267. The fourth-order valence-corrected chi connectivity index (χ4v) is 3.52. The maximum absolute atomic E-state index is 12.4. The van der Waals surface area contributed by atoms with Gasteiger partial charge in [0.2, 0.25) is 0 Å². The Bertz CT molecular complexity index is 798. The molecule has 5 heteroatoms. The van der Waals surface area contributed by atoms with E-state index in [4.69, 9.17) is 0 Å². The summed E-state index contributed by atoms with van der Waals surface area (Å²) in [5.74, 6) is 1.01. The average Bonchev–Trinajstić information content (AvgIpc) is 2.51. The highest BCUT2D eigenvalue weighted by Gasteiger charge is 2.24. The van der Waals surface area contributed by atoms with E-state index in [0.717, 1.165) is 48.6 Å². The number of aromatic amines is 2. The quantitative estimate of drug-likeness (QED) is 0.914. The Morgan fingerprint density at radius 1 is 1.17 bits per heavy atom. The van der Waals surface area contributed by atoms with Crippen molar-refractivity contribution in [3.05, 3.63) is 61.7 Å². The molecule has 0 atom stereocenters. The van der Waals surface area contributed by atoms with Crippen molar-refractivity contribution in [2.24, 2.45) is 5.92 Å². The third-order valence-corrected chi connectivity index (χ3v) is 4.84. The fraction of sp³-hybridized carbons (Fsp3) is 0.500. The number of aryl methyl sites for hydroxylation is 1. The highest BCUT2D eigenvalue weighted by molar-refractivity contribution is 5.29. The third kappa shape index (κ3) is 3.60. The summed E-state index contributed by atoms with van der Waals surface area (Å²) < 4.78 is 0. The van der Waals surface area contributed by atoms with Crippen molar-refractivity contribution >= 4 is 0 Å². The summed E-state index contributed by atoms with van der Waals surface area (Å²) >= 11 is 0. The van der Waals surface area contributed by atoms with Crippen molar-refractivity contribution in [1.82, 2.24) is 15.0 Å². The van der Waals surface area contributed by atoms with Gasteiger partial charge in [-0.2, -0.15) is 0 Å². The monoisotopic (exact) mass is 313 g/mol. The van der Waals surface area contributed by atoms with Gasteiger partial charge in [0.25, 0.3) is 5.56 Å². The lowest BCUT2D eigenvalue weighted by Crippen LogP contribution is -2.30. The Labute approximate surface area is 135 Å². The van der Waals surface area contributed by atoms with Crippen molar-refractivity contribution in [2.45, 2.75) is 51.9 Å². The van der Waals surface area contributed by atoms with Crippen molar-refractivity contribution in [3.8, 4) is 0 Å². The van der Waals surface area contributed by atoms with E-state index in [0.29, 0.717) is 12.0 Å². The van der Waals surface area contributed by atoms with Crippen molar-refractivity contribution < 1.29 is 0 Å². The van der Waals surface area contributed by atoms with Crippen LogP contribution in [0.5, 0.6) is 0 Å². The summed E-state index contributed by atoms with van der Waals surface area (Å²) in [6, 6.07) is 3.90. The van der Waals surface area contributed by atoms with E-state index >= 15 is 0 Å². The van der Waals surface area contributed by atoms with Crippen molar-refractivity contribution in [2.75, 3.05) is 0 Å². The van der Waals surface area contributed by atoms with Crippen LogP contribution in [-0.2, 0) is 6.42 Å². The van der Waals surface area contributed by atoms with Gasteiger partial charge in [-0.25, -0.2) is 4.79 Å². The standard InChI is InChI=1S/C18H23N3O2/c1-11-3-5-14(6-4-11)16-15(17(22)21-18(23)20-16)10-13-7-8-19-12(2)9-13/h7-9,11,14H,3-6,10H2,1-2H3,(H2,20,21,22,23). The van der Waals surface area contributed by atoms with E-state index in [1.165, 1.54) is 0 Å². The second-order valence-corrected chi connectivity index (χ2v) is 6.74. The van der Waals surface area contributed by atoms with E-state index in [2.05, 4.69) is 21.9 Å². The van der Waals surface area contributed by atoms with Gasteiger partial charge in [0, 0.05) is 29.6 Å². The highest BCUT2D eigenvalue weighted by atomic mass is 16.2. The molecule has 1 fully saturated rings. The van der Waals surface area contributed by atoms with Gasteiger partial charge < -0.3 is 4.98 Å². The van der Waals surface area contributed by atoms with E-state index in [-0.39, 0.29) is 11.5 Å². The first-order valence-electron chi connectivity index (χ1n) is 8.30. The molecule has 1 saturated carbocycles. The van der Waals surface area contributed by atoms with Crippen LogP contribution in [0.1, 0.15) is 61.0 Å². The van der Waals surface area contributed by atoms with E-state index < -0.39 is 5.69 Å². The molecule has 0 amide bonds. The van der Waals surface area contributed by atoms with Gasteiger partial charge in [-0.1, -0.05) is 19.8 Å². The molecule has 0 aromatic carbocycles. The lowest BCUT2D eigenvalue weighted by atomic mass is 9.80. The Morgan fingerprint density at radius 2 is 1.91 bits per heavy atom. The number of hydrogen-bond donors (Lipinski definition) is 2. The molecule has 0 bridgehead atoms. The van der Waals surface area contributed by atoms with Crippen molar-refractivity contribution in [3.63, 3.8) is 0 Å². The number of aromatic nitrogens is 3. The summed E-state index contributed by atoms with van der Waals surface area (Å²) in [6.45, 7) is 4.20. The largest absolute Gasteiger partial charge is 0.325 e. The van der Waals surface area contributed by atoms with Crippen LogP contribution in [-0.4, -0.2) is 15.0 Å². The van der Waals surface area contributed by atoms with E-state index in [1.54, 1.807) is 6.20 Å². The van der Waals surface area contributed by atoms with Crippen LogP contribution in [0.15, 0.2) is 27.9 Å². The van der Waals surface area contributed by atoms with Crippen molar-refractivity contribution in [1.29, 1.82) is 0 Å². The molecule has 0 spiro atoms. The number of H-pyrrole nitrogens is 2. The van der Waals surface area contributed by atoms with E-state index in [1.807, 2.05) is 19.1 Å². The minimum Gasteiger partial charge on any atom is -0.311 e. The molecule has 0 unspecified atom stereocenters. The normalized spacial score (nSPS) is 21.3. The van der Waals surface area contributed by atoms with Crippen LogP contribution in [0, 0.1) is 12.8 Å². The Hall–Kier alpha value is -2.17. The summed E-state index contributed by atoms with van der Waals surface area (Å²) in [7, 11) is 0. The zero-order valence-electron chi connectivity index (χ0n) is 13.7. The molecule has 1 aliphatic carbocycles. The summed E-state index contributed by atoms with van der Waals surface area (Å²) in [6.07, 6.45) is 6.63. The SMILES string of the molecule is Cc1cc(Cc2c(C3CCC(C)CC3)[nH]c(=O)[nH]c2=O)ccn1. The van der Waals surface area contributed by atoms with Gasteiger partial charge in [-0.3, -0.25) is 14.8 Å². The first-order valence-corrected chi connectivity index (χ1v) is 8.30. The number of pyridine rings is 1. The molecule has 2 aromatic rings. The van der Waals surface area contributed by atoms with Crippen LogP contribution in [0.25, 0.3) is 0 Å². The maximum Gasteiger partial charge on any atom is 0.325 e. The van der Waals surface area contributed by atoms with Gasteiger partial charge in [0.1, 0.15) is 0 Å². The second-order valence-electron chi connectivity index (χ2n) is 6.74. The minimum atomic E-state index is -0.404. The van der Waals surface area contributed by atoms with Gasteiger partial charge in [0.15, 0.2) is 0 Å². The molecule has 23 heavy (non-hydrogen) atoms. The molecular formula is C18H23N3O2. The molecule has 0 aliphatic heterocycles. The molecule has 1 aliphatic rings. The molecule has 5 nitrogen and oxygen atoms in total. The number of nitrogens with zero attached hydrogens (tertiary/aromatic N) is 1. The highest BCUT2D eigenvalue weighted by Crippen LogP contribution is 2.35. The Kier molecular flexibility index (Phi) is 4.46. The van der Waals surface area contributed by atoms with Crippen LogP contribution < -0.4 is 11.2 Å². The smallest absolute Gasteiger partial charge is 0.311 e. The maximum atomic E-state index is 12.4. The molecular weight excluding hydrogens is 290 g/mol. The Balaban J connectivity index is 1.98. The topological polar surface area (TPSA) is 78.6 Å². The van der Waals surface area contributed by atoms with Crippen LogP contribution in [0.3, 0.4) is 0 Å². The first-order chi connectivity index (χ1) is 11.0. The predicted molar refractivity (Wildman–Crippen MR) is 89.8 cm³/mol. The van der Waals surface area contributed by atoms with Gasteiger partial charge >= 0.3 is 5.69 Å². The lowest BCUT2D eigenvalue weighted by Gasteiger charge is -2.27. The van der Waals surface area contributed by atoms with Gasteiger partial charge in [0.05, 0.1) is 0 Å². The molecule has 2 N–H and O–H groups in total. The second kappa shape index (κ2) is 6.52. The summed E-state index contributed by atoms with van der Waals surface area (Å²) in [4.78, 5) is 33.6. The zero-order chi connectivity index (χ0) is 16.4. The molecule has 2 aromatic heterocycles.